The molecular formula is C24H20N6O4S. The van der Waals surface area contributed by atoms with E-state index < -0.39 is 0 Å². The van der Waals surface area contributed by atoms with Gasteiger partial charge in [-0.1, -0.05) is 0 Å². The van der Waals surface area contributed by atoms with Crippen LogP contribution >= 0.6 is 11.3 Å². The third kappa shape index (κ3) is 4.84. The number of fused-ring (bicyclic) bond motifs is 1. The number of amides is 3. The third-order valence-electron chi connectivity index (χ3n) is 5.11. The summed E-state index contributed by atoms with van der Waals surface area (Å²) < 4.78 is 11.2. The van der Waals surface area contributed by atoms with Crippen LogP contribution in [0.5, 0.6) is 11.5 Å². The summed E-state index contributed by atoms with van der Waals surface area (Å²) in [5.41, 5.74) is 2.87. The number of aromatic amines is 1. The first-order valence-electron chi connectivity index (χ1n) is 10.6. The number of furan rings is 1. The molecule has 0 radical (unpaired) electrons. The predicted octanol–water partition coefficient (Wildman–Crippen LogP) is 5.96. The number of nitrogens with zero attached hydrogens (tertiary/aromatic N) is 3. The molecule has 0 aliphatic carbocycles. The van der Waals surface area contributed by atoms with Crippen molar-refractivity contribution in [2.75, 3.05) is 15.5 Å². The van der Waals surface area contributed by atoms with Crippen LogP contribution in [-0.4, -0.2) is 27.4 Å². The van der Waals surface area contributed by atoms with Crippen LogP contribution in [0.4, 0.5) is 27.4 Å². The number of imidazole rings is 1. The summed E-state index contributed by atoms with van der Waals surface area (Å²) in [6.07, 6.45) is 2.11. The first-order chi connectivity index (χ1) is 17.0. The molecule has 11 heteroatoms. The van der Waals surface area contributed by atoms with Crippen LogP contribution in [0.15, 0.2) is 65.3 Å². The summed E-state index contributed by atoms with van der Waals surface area (Å²) in [4.78, 5) is 37.9. The minimum absolute atomic E-state index is 0.332. The van der Waals surface area contributed by atoms with E-state index in [9.17, 15) is 9.59 Å². The van der Waals surface area contributed by atoms with E-state index in [0.717, 1.165) is 10.6 Å². The first kappa shape index (κ1) is 22.2. The Balaban J connectivity index is 1.25. The standard InChI is InChI=1S/C24H20N6O4S/c1-14-15(2)35-24(25-14)29-23(32)26-16-5-7-17(8-6-16)34-18-9-10-19-20(12-18)28-22(27-19)30(13-31)21-4-3-11-33-21/h3-13H,1-2H3,(H,27,28)(H2,25,26,29,32). The summed E-state index contributed by atoms with van der Waals surface area (Å²) in [7, 11) is 0. The Kier molecular flexibility index (Phi) is 5.90. The largest absolute Gasteiger partial charge is 0.457 e. The van der Waals surface area contributed by atoms with Crippen LogP contribution in [0.25, 0.3) is 11.0 Å². The van der Waals surface area contributed by atoms with Crippen molar-refractivity contribution in [3.05, 3.63) is 71.4 Å². The molecular weight excluding hydrogens is 468 g/mol. The molecule has 0 aliphatic heterocycles. The van der Waals surface area contributed by atoms with E-state index >= 15 is 0 Å². The fourth-order valence-corrected chi connectivity index (χ4v) is 4.10. The normalized spacial score (nSPS) is 10.8. The molecule has 3 aromatic heterocycles. The minimum atomic E-state index is -0.369. The van der Waals surface area contributed by atoms with Crippen LogP contribution in [0.3, 0.4) is 0 Å². The van der Waals surface area contributed by atoms with E-state index in [2.05, 4.69) is 25.6 Å². The molecule has 176 valence electrons. The molecule has 2 aromatic carbocycles. The van der Waals surface area contributed by atoms with Gasteiger partial charge in [-0.2, -0.15) is 0 Å². The number of benzene rings is 2. The highest BCUT2D eigenvalue weighted by atomic mass is 32.1. The number of rotatable bonds is 7. The Bertz CT molecular complexity index is 1470. The Hall–Kier alpha value is -4.64. The fraction of sp³-hybridized carbons (Fsp3) is 0.0833. The van der Waals surface area contributed by atoms with Crippen molar-refractivity contribution in [2.45, 2.75) is 13.8 Å². The van der Waals surface area contributed by atoms with Gasteiger partial charge >= 0.3 is 6.03 Å². The van der Waals surface area contributed by atoms with Crippen molar-refractivity contribution in [1.82, 2.24) is 15.0 Å². The maximum absolute atomic E-state index is 12.2. The van der Waals surface area contributed by atoms with Crippen LogP contribution in [0.1, 0.15) is 10.6 Å². The number of urea groups is 1. The Morgan fingerprint density at radius 2 is 1.89 bits per heavy atom. The molecule has 0 aliphatic rings. The van der Waals surface area contributed by atoms with E-state index in [0.29, 0.717) is 51.6 Å². The molecule has 0 unspecified atom stereocenters. The van der Waals surface area contributed by atoms with E-state index in [-0.39, 0.29) is 6.03 Å². The molecule has 0 saturated carbocycles. The van der Waals surface area contributed by atoms with Crippen molar-refractivity contribution >= 4 is 57.5 Å². The van der Waals surface area contributed by atoms with Crippen LogP contribution in [-0.2, 0) is 4.79 Å². The summed E-state index contributed by atoms with van der Waals surface area (Å²) >= 11 is 1.43. The Labute approximate surface area is 203 Å². The van der Waals surface area contributed by atoms with Crippen molar-refractivity contribution in [3.63, 3.8) is 0 Å². The number of carbonyl (C=O) groups is 2. The zero-order chi connectivity index (χ0) is 24.4. The molecule has 10 nitrogen and oxygen atoms in total. The van der Waals surface area contributed by atoms with Crippen LogP contribution in [0, 0.1) is 13.8 Å². The molecule has 3 N–H and O–H groups in total. The van der Waals surface area contributed by atoms with Gasteiger partial charge in [-0.15, -0.1) is 11.3 Å². The van der Waals surface area contributed by atoms with E-state index in [1.807, 2.05) is 13.8 Å². The first-order valence-corrected chi connectivity index (χ1v) is 11.4. The second-order valence-electron chi connectivity index (χ2n) is 7.53. The lowest BCUT2D eigenvalue weighted by Gasteiger charge is -2.09. The van der Waals surface area contributed by atoms with E-state index in [4.69, 9.17) is 9.15 Å². The molecule has 3 amide bonds. The number of hydrogen-bond donors (Lipinski definition) is 3. The summed E-state index contributed by atoms with van der Waals surface area (Å²) in [5, 5.41) is 6.05. The highest BCUT2D eigenvalue weighted by Gasteiger charge is 2.16. The summed E-state index contributed by atoms with van der Waals surface area (Å²) in [5.74, 6) is 1.86. The molecule has 0 bridgehead atoms. The molecule has 0 spiro atoms. The van der Waals surface area contributed by atoms with Gasteiger partial charge in [0.2, 0.25) is 18.2 Å². The van der Waals surface area contributed by atoms with Gasteiger partial charge in [-0.05, 0) is 56.3 Å². The monoisotopic (exact) mass is 488 g/mol. The zero-order valence-corrected chi connectivity index (χ0v) is 19.6. The molecule has 5 rings (SSSR count). The molecule has 3 heterocycles. The number of carbonyl (C=O) groups excluding carboxylic acids is 2. The van der Waals surface area contributed by atoms with Crippen molar-refractivity contribution in [2.24, 2.45) is 0 Å². The Morgan fingerprint density at radius 1 is 1.09 bits per heavy atom. The molecule has 5 aromatic rings. The lowest BCUT2D eigenvalue weighted by atomic mass is 10.3. The van der Waals surface area contributed by atoms with E-state index in [1.54, 1.807) is 54.6 Å². The second kappa shape index (κ2) is 9.31. The third-order valence-corrected chi connectivity index (χ3v) is 6.10. The minimum Gasteiger partial charge on any atom is -0.457 e. The van der Waals surface area contributed by atoms with Gasteiger partial charge in [0.15, 0.2) is 5.13 Å². The van der Waals surface area contributed by atoms with Crippen molar-refractivity contribution < 1.29 is 18.7 Å². The molecule has 35 heavy (non-hydrogen) atoms. The number of hydrogen-bond acceptors (Lipinski definition) is 7. The van der Waals surface area contributed by atoms with E-state index in [1.165, 1.54) is 22.5 Å². The molecule has 0 saturated heterocycles. The van der Waals surface area contributed by atoms with Gasteiger partial charge < -0.3 is 19.5 Å². The van der Waals surface area contributed by atoms with Gasteiger partial charge in [-0.25, -0.2) is 19.7 Å². The topological polar surface area (TPSA) is 125 Å². The highest BCUT2D eigenvalue weighted by molar-refractivity contribution is 7.15. The SMILES string of the molecule is Cc1nc(NC(=O)Nc2ccc(Oc3ccc4nc(N(C=O)c5ccco5)[nH]c4c3)cc2)sc1C. The van der Waals surface area contributed by atoms with Gasteiger partial charge in [-0.3, -0.25) is 10.1 Å². The van der Waals surface area contributed by atoms with Crippen LogP contribution in [0.2, 0.25) is 0 Å². The van der Waals surface area contributed by atoms with Gasteiger partial charge in [0.05, 0.1) is 23.0 Å². The number of ether oxygens (including phenoxy) is 1. The smallest absolute Gasteiger partial charge is 0.325 e. The molecule has 0 fully saturated rings. The number of thiazole rings is 1. The van der Waals surface area contributed by atoms with Crippen molar-refractivity contribution in [3.8, 4) is 11.5 Å². The number of aromatic nitrogens is 3. The van der Waals surface area contributed by atoms with Crippen LogP contribution < -0.4 is 20.3 Å². The number of H-pyrrole nitrogens is 1. The van der Waals surface area contributed by atoms with Crippen molar-refractivity contribution in [1.29, 1.82) is 0 Å². The van der Waals surface area contributed by atoms with Gasteiger partial charge in [0, 0.05) is 22.7 Å². The maximum atomic E-state index is 12.2. The lowest BCUT2D eigenvalue weighted by molar-refractivity contribution is -0.107. The average molecular weight is 489 g/mol. The quantitative estimate of drug-likeness (QED) is 0.243. The summed E-state index contributed by atoms with van der Waals surface area (Å²) in [6, 6.07) is 15.3. The van der Waals surface area contributed by atoms with Gasteiger partial charge in [0.1, 0.15) is 11.5 Å². The number of anilines is 4. The second-order valence-corrected chi connectivity index (χ2v) is 8.74. The number of nitrogens with one attached hydrogen (secondary N) is 3. The fourth-order valence-electron chi connectivity index (χ4n) is 3.29. The zero-order valence-electron chi connectivity index (χ0n) is 18.7. The average Bonchev–Trinajstić information content (AvgIpc) is 3.57. The highest BCUT2D eigenvalue weighted by Crippen LogP contribution is 2.29. The summed E-state index contributed by atoms with van der Waals surface area (Å²) in [6.45, 7) is 3.86. The predicted molar refractivity (Wildman–Crippen MR) is 134 cm³/mol. The Morgan fingerprint density at radius 3 is 2.57 bits per heavy atom. The molecule has 0 atom stereocenters. The maximum Gasteiger partial charge on any atom is 0.325 e. The lowest BCUT2D eigenvalue weighted by Crippen LogP contribution is -2.19. The number of aryl methyl sites for hydroxylation is 2. The van der Waals surface area contributed by atoms with Gasteiger partial charge in [0.25, 0.3) is 0 Å².